The maximum absolute atomic E-state index is 8.71. The van der Waals surface area contributed by atoms with Gasteiger partial charge in [0.2, 0.25) is 0 Å². The molecule has 0 aromatic heterocycles. The molecule has 98 valence electrons. The largest absolute Gasteiger partial charge is 0.497 e. The minimum atomic E-state index is 0.351. The summed E-state index contributed by atoms with van der Waals surface area (Å²) in [5.41, 5.74) is 0. The highest BCUT2D eigenvalue weighted by Crippen LogP contribution is 2.16. The maximum atomic E-state index is 8.71. The lowest BCUT2D eigenvalue weighted by molar-refractivity contribution is 0.193. The van der Waals surface area contributed by atoms with E-state index in [0.29, 0.717) is 19.2 Å². The molecule has 0 heterocycles. The van der Waals surface area contributed by atoms with Gasteiger partial charge in [-0.25, -0.2) is 0 Å². The summed E-state index contributed by atoms with van der Waals surface area (Å²) in [6, 6.07) is 10.0. The molecule has 0 saturated carbocycles. The summed E-state index contributed by atoms with van der Waals surface area (Å²) < 4.78 is 10.7. The summed E-state index contributed by atoms with van der Waals surface area (Å²) in [5.74, 6) is 1.63. The van der Waals surface area contributed by atoms with Crippen LogP contribution in [0.4, 0.5) is 0 Å². The monoisotopic (exact) mass is 248 g/mol. The van der Waals surface area contributed by atoms with Crippen LogP contribution in [0.1, 0.15) is 13.8 Å². The molecule has 0 unspecified atom stereocenters. The Bertz CT molecular complexity index is 382. The van der Waals surface area contributed by atoms with Gasteiger partial charge in [-0.05, 0) is 38.1 Å². The summed E-state index contributed by atoms with van der Waals surface area (Å²) in [6.07, 6.45) is 0. The summed E-state index contributed by atoms with van der Waals surface area (Å²) in [5, 5.41) is 8.71. The molecule has 0 spiro atoms. The topological polar surface area (TPSA) is 45.5 Å². The fourth-order valence-corrected chi connectivity index (χ4v) is 1.56. The lowest BCUT2D eigenvalue weighted by Crippen LogP contribution is -2.34. The zero-order chi connectivity index (χ0) is 13.4. The third kappa shape index (κ3) is 4.64. The molecule has 1 rings (SSSR count). The van der Waals surface area contributed by atoms with Crippen molar-refractivity contribution in [3.63, 3.8) is 0 Å². The van der Waals surface area contributed by atoms with Crippen molar-refractivity contribution in [2.24, 2.45) is 0 Å². The van der Waals surface area contributed by atoms with Crippen molar-refractivity contribution in [3.8, 4) is 17.6 Å². The van der Waals surface area contributed by atoms with Gasteiger partial charge < -0.3 is 9.47 Å². The standard InChI is InChI=1S/C14H20N2O2/c1-12(2)16(9-8-15)10-11-18-14-6-4-13(17-3)5-7-14/h4-7,12H,9-11H2,1-3H3. The minimum Gasteiger partial charge on any atom is -0.497 e. The normalized spacial score (nSPS) is 10.4. The van der Waals surface area contributed by atoms with Crippen molar-refractivity contribution in [2.45, 2.75) is 19.9 Å². The second-order valence-corrected chi connectivity index (χ2v) is 4.25. The molecule has 0 aliphatic heterocycles. The van der Waals surface area contributed by atoms with Gasteiger partial charge in [0.25, 0.3) is 0 Å². The van der Waals surface area contributed by atoms with Gasteiger partial charge in [0.1, 0.15) is 18.1 Å². The van der Waals surface area contributed by atoms with E-state index in [9.17, 15) is 0 Å². The first-order chi connectivity index (χ1) is 8.67. The second-order valence-electron chi connectivity index (χ2n) is 4.25. The Morgan fingerprint density at radius 1 is 1.22 bits per heavy atom. The average Bonchev–Trinajstić information content (AvgIpc) is 2.38. The molecule has 4 heteroatoms. The van der Waals surface area contributed by atoms with E-state index in [1.807, 2.05) is 24.3 Å². The van der Waals surface area contributed by atoms with Crippen molar-refractivity contribution in [1.82, 2.24) is 4.90 Å². The molecular weight excluding hydrogens is 228 g/mol. The molecule has 0 radical (unpaired) electrons. The maximum Gasteiger partial charge on any atom is 0.119 e. The van der Waals surface area contributed by atoms with Crippen LogP contribution in [0.5, 0.6) is 11.5 Å². The quantitative estimate of drug-likeness (QED) is 0.695. The number of hydrogen-bond acceptors (Lipinski definition) is 4. The summed E-state index contributed by atoms with van der Waals surface area (Å²) in [7, 11) is 1.64. The van der Waals surface area contributed by atoms with E-state index < -0.39 is 0 Å². The van der Waals surface area contributed by atoms with Gasteiger partial charge in [0, 0.05) is 12.6 Å². The second kappa shape index (κ2) is 7.57. The zero-order valence-corrected chi connectivity index (χ0v) is 11.2. The van der Waals surface area contributed by atoms with Gasteiger partial charge in [-0.3, -0.25) is 4.90 Å². The van der Waals surface area contributed by atoms with Crippen LogP contribution >= 0.6 is 0 Å². The highest BCUT2D eigenvalue weighted by atomic mass is 16.5. The number of nitrogens with zero attached hydrogens (tertiary/aromatic N) is 2. The first-order valence-corrected chi connectivity index (χ1v) is 6.05. The van der Waals surface area contributed by atoms with Gasteiger partial charge >= 0.3 is 0 Å². The summed E-state index contributed by atoms with van der Waals surface area (Å²) >= 11 is 0. The summed E-state index contributed by atoms with van der Waals surface area (Å²) in [4.78, 5) is 2.07. The Hall–Kier alpha value is -1.73. The van der Waals surface area contributed by atoms with E-state index in [1.165, 1.54) is 0 Å². The van der Waals surface area contributed by atoms with Crippen molar-refractivity contribution in [1.29, 1.82) is 5.26 Å². The highest BCUT2D eigenvalue weighted by Gasteiger charge is 2.08. The molecule has 4 nitrogen and oxygen atoms in total. The first kappa shape index (κ1) is 14.3. The fraction of sp³-hybridized carbons (Fsp3) is 0.500. The van der Waals surface area contributed by atoms with Crippen LogP contribution in [-0.2, 0) is 0 Å². The third-order valence-corrected chi connectivity index (χ3v) is 2.71. The van der Waals surface area contributed by atoms with Crippen molar-refractivity contribution in [2.75, 3.05) is 26.8 Å². The van der Waals surface area contributed by atoms with E-state index in [0.717, 1.165) is 18.0 Å². The van der Waals surface area contributed by atoms with Gasteiger partial charge in [0.15, 0.2) is 0 Å². The van der Waals surface area contributed by atoms with Crippen LogP contribution < -0.4 is 9.47 Å². The Morgan fingerprint density at radius 2 is 1.83 bits per heavy atom. The molecule has 1 aromatic carbocycles. The zero-order valence-electron chi connectivity index (χ0n) is 11.2. The van der Waals surface area contributed by atoms with E-state index in [2.05, 4.69) is 24.8 Å². The van der Waals surface area contributed by atoms with Crippen LogP contribution in [0.3, 0.4) is 0 Å². The molecule has 0 fully saturated rings. The van der Waals surface area contributed by atoms with Crippen molar-refractivity contribution < 1.29 is 9.47 Å². The SMILES string of the molecule is COc1ccc(OCCN(CC#N)C(C)C)cc1. The molecule has 0 aliphatic carbocycles. The van der Waals surface area contributed by atoms with Crippen molar-refractivity contribution in [3.05, 3.63) is 24.3 Å². The molecule has 0 aliphatic rings. The van der Waals surface area contributed by atoms with Crippen LogP contribution in [0.2, 0.25) is 0 Å². The predicted octanol–water partition coefficient (Wildman–Crippen LogP) is 2.31. The van der Waals surface area contributed by atoms with Crippen LogP contribution in [-0.4, -0.2) is 37.7 Å². The minimum absolute atomic E-state index is 0.351. The van der Waals surface area contributed by atoms with Gasteiger partial charge in [-0.2, -0.15) is 5.26 Å². The van der Waals surface area contributed by atoms with Crippen LogP contribution in [0, 0.1) is 11.3 Å². The lowest BCUT2D eigenvalue weighted by Gasteiger charge is -2.23. The molecule has 18 heavy (non-hydrogen) atoms. The Morgan fingerprint density at radius 3 is 2.33 bits per heavy atom. The number of rotatable bonds is 7. The molecular formula is C14H20N2O2. The fourth-order valence-electron chi connectivity index (χ4n) is 1.56. The number of nitriles is 1. The molecule has 0 atom stereocenters. The van der Waals surface area contributed by atoms with Crippen molar-refractivity contribution >= 4 is 0 Å². The summed E-state index contributed by atoms with van der Waals surface area (Å²) in [6.45, 7) is 5.91. The van der Waals surface area contributed by atoms with E-state index >= 15 is 0 Å². The van der Waals surface area contributed by atoms with Crippen LogP contribution in [0.25, 0.3) is 0 Å². The average molecular weight is 248 g/mol. The molecule has 0 N–H and O–H groups in total. The number of benzene rings is 1. The Balaban J connectivity index is 2.38. The molecule has 0 amide bonds. The molecule has 0 saturated heterocycles. The van der Waals surface area contributed by atoms with E-state index in [4.69, 9.17) is 14.7 Å². The Kier molecular flexibility index (Phi) is 6.03. The van der Waals surface area contributed by atoms with E-state index in [1.54, 1.807) is 7.11 Å². The lowest BCUT2D eigenvalue weighted by atomic mass is 10.3. The number of hydrogen-bond donors (Lipinski definition) is 0. The smallest absolute Gasteiger partial charge is 0.119 e. The number of ether oxygens (including phenoxy) is 2. The van der Waals surface area contributed by atoms with Crippen LogP contribution in [0.15, 0.2) is 24.3 Å². The Labute approximate surface area is 109 Å². The van der Waals surface area contributed by atoms with E-state index in [-0.39, 0.29) is 0 Å². The predicted molar refractivity (Wildman–Crippen MR) is 70.8 cm³/mol. The number of methoxy groups -OCH3 is 1. The van der Waals surface area contributed by atoms with Gasteiger partial charge in [-0.15, -0.1) is 0 Å². The van der Waals surface area contributed by atoms with Gasteiger partial charge in [0.05, 0.1) is 19.7 Å². The third-order valence-electron chi connectivity index (χ3n) is 2.71. The highest BCUT2D eigenvalue weighted by molar-refractivity contribution is 5.31. The molecule has 1 aromatic rings. The molecule has 0 bridgehead atoms. The van der Waals surface area contributed by atoms with Gasteiger partial charge in [-0.1, -0.05) is 0 Å². The first-order valence-electron chi connectivity index (χ1n) is 6.05.